The monoisotopic (exact) mass is 265 g/mol. The molecule has 0 radical (unpaired) electrons. The van der Waals surface area contributed by atoms with Crippen molar-refractivity contribution in [2.75, 3.05) is 6.61 Å². The van der Waals surface area contributed by atoms with Crippen molar-refractivity contribution in [3.8, 4) is 11.5 Å². The minimum atomic E-state index is -1.19. The lowest BCUT2D eigenvalue weighted by molar-refractivity contribution is -0.388. The Morgan fingerprint density at radius 1 is 1.47 bits per heavy atom. The van der Waals surface area contributed by atoms with Gasteiger partial charge < -0.3 is 14.3 Å². The summed E-state index contributed by atoms with van der Waals surface area (Å²) in [7, 11) is 0. The molecule has 2 rings (SSSR count). The van der Waals surface area contributed by atoms with Crippen LogP contribution in [-0.2, 0) is 0 Å². The summed E-state index contributed by atoms with van der Waals surface area (Å²) < 4.78 is 10.2. The van der Waals surface area contributed by atoms with E-state index in [1.807, 2.05) is 0 Å². The molecule has 0 aliphatic heterocycles. The fourth-order valence-electron chi connectivity index (χ4n) is 1.78. The van der Waals surface area contributed by atoms with E-state index in [2.05, 4.69) is 0 Å². The zero-order valence-corrected chi connectivity index (χ0v) is 10.3. The molecule has 0 amide bonds. The van der Waals surface area contributed by atoms with Crippen molar-refractivity contribution in [3.05, 3.63) is 38.2 Å². The molecule has 0 saturated carbocycles. The summed E-state index contributed by atoms with van der Waals surface area (Å²) in [4.78, 5) is 21.2. The summed E-state index contributed by atoms with van der Waals surface area (Å²) in [5.74, 6) is -0.200. The molecule has 100 valence electrons. The average molecular weight is 265 g/mol. The maximum Gasteiger partial charge on any atom is 0.419 e. The van der Waals surface area contributed by atoms with E-state index in [0.717, 1.165) is 0 Å². The summed E-state index contributed by atoms with van der Waals surface area (Å²) >= 11 is 0. The maximum absolute atomic E-state index is 11.4. The Hall–Kier alpha value is -2.57. The molecule has 0 atom stereocenters. The van der Waals surface area contributed by atoms with Gasteiger partial charge in [0.2, 0.25) is 5.75 Å². The first-order chi connectivity index (χ1) is 8.95. The second-order valence-electron chi connectivity index (χ2n) is 3.89. The fourth-order valence-corrected chi connectivity index (χ4v) is 1.78. The van der Waals surface area contributed by atoms with Gasteiger partial charge >= 0.3 is 11.3 Å². The SMILES string of the molecule is CCOc1cc2oc(=O)c([N+](=O)[O-])c(O)c2cc1C. The largest absolute Gasteiger partial charge is 0.501 e. The molecular formula is C12H11NO6. The van der Waals surface area contributed by atoms with Crippen LogP contribution in [0.5, 0.6) is 11.5 Å². The molecule has 1 aromatic heterocycles. The van der Waals surface area contributed by atoms with Crippen LogP contribution < -0.4 is 10.4 Å². The van der Waals surface area contributed by atoms with Gasteiger partial charge in [0, 0.05) is 6.07 Å². The number of aromatic hydroxyl groups is 1. The van der Waals surface area contributed by atoms with Crippen LogP contribution in [0.3, 0.4) is 0 Å². The van der Waals surface area contributed by atoms with Gasteiger partial charge in [0.1, 0.15) is 11.3 Å². The van der Waals surface area contributed by atoms with Gasteiger partial charge in [0.05, 0.1) is 16.9 Å². The molecule has 2 aromatic rings. The number of rotatable bonds is 3. The average Bonchev–Trinajstić information content (AvgIpc) is 2.31. The molecule has 1 aromatic carbocycles. The molecule has 0 fully saturated rings. The smallest absolute Gasteiger partial charge is 0.419 e. The van der Waals surface area contributed by atoms with Gasteiger partial charge in [-0.05, 0) is 25.5 Å². The fraction of sp³-hybridized carbons (Fsp3) is 0.250. The van der Waals surface area contributed by atoms with E-state index in [9.17, 15) is 20.0 Å². The highest BCUT2D eigenvalue weighted by atomic mass is 16.6. The van der Waals surface area contributed by atoms with Crippen LogP contribution in [0.4, 0.5) is 5.69 Å². The third kappa shape index (κ3) is 2.10. The highest BCUT2D eigenvalue weighted by Gasteiger charge is 2.25. The van der Waals surface area contributed by atoms with Crippen LogP contribution in [0, 0.1) is 17.0 Å². The molecule has 1 N–H and O–H groups in total. The summed E-state index contributed by atoms with van der Waals surface area (Å²) in [6.45, 7) is 3.95. The van der Waals surface area contributed by atoms with Crippen LogP contribution in [0.1, 0.15) is 12.5 Å². The topological polar surface area (TPSA) is 103 Å². The van der Waals surface area contributed by atoms with E-state index >= 15 is 0 Å². The number of benzene rings is 1. The predicted molar refractivity (Wildman–Crippen MR) is 66.7 cm³/mol. The zero-order chi connectivity index (χ0) is 14.2. The first-order valence-electron chi connectivity index (χ1n) is 5.53. The van der Waals surface area contributed by atoms with Gasteiger partial charge in [-0.1, -0.05) is 0 Å². The van der Waals surface area contributed by atoms with Gasteiger partial charge in [0.15, 0.2) is 0 Å². The Bertz CT molecular complexity index is 718. The van der Waals surface area contributed by atoms with Gasteiger partial charge in [0.25, 0.3) is 0 Å². The zero-order valence-electron chi connectivity index (χ0n) is 10.3. The van der Waals surface area contributed by atoms with Crippen molar-refractivity contribution in [3.63, 3.8) is 0 Å². The minimum absolute atomic E-state index is 0.0437. The number of hydrogen-bond donors (Lipinski definition) is 1. The third-order valence-corrected chi connectivity index (χ3v) is 2.63. The van der Waals surface area contributed by atoms with Crippen LogP contribution in [0.2, 0.25) is 0 Å². The third-order valence-electron chi connectivity index (χ3n) is 2.63. The number of aryl methyl sites for hydroxylation is 1. The summed E-state index contributed by atoms with van der Waals surface area (Å²) in [5, 5.41) is 20.6. The first kappa shape index (κ1) is 12.9. The molecule has 7 heteroatoms. The van der Waals surface area contributed by atoms with Gasteiger partial charge in [-0.3, -0.25) is 10.1 Å². The number of nitro groups is 1. The van der Waals surface area contributed by atoms with E-state index in [-0.39, 0.29) is 11.0 Å². The van der Waals surface area contributed by atoms with Gasteiger partial charge in [-0.15, -0.1) is 0 Å². The number of nitrogens with zero attached hydrogens (tertiary/aromatic N) is 1. The van der Waals surface area contributed by atoms with Crippen LogP contribution in [0.15, 0.2) is 21.3 Å². The van der Waals surface area contributed by atoms with E-state index in [1.165, 1.54) is 12.1 Å². The number of fused-ring (bicyclic) bond motifs is 1. The quantitative estimate of drug-likeness (QED) is 0.518. The minimum Gasteiger partial charge on any atom is -0.501 e. The van der Waals surface area contributed by atoms with Crippen LogP contribution >= 0.6 is 0 Å². The molecule has 0 unspecified atom stereocenters. The predicted octanol–water partition coefficient (Wildman–Crippen LogP) is 2.11. The van der Waals surface area contributed by atoms with Gasteiger partial charge in [-0.25, -0.2) is 4.79 Å². The summed E-state index contributed by atoms with van der Waals surface area (Å²) in [6, 6.07) is 2.91. The highest BCUT2D eigenvalue weighted by molar-refractivity contribution is 5.88. The Kier molecular flexibility index (Phi) is 3.12. The van der Waals surface area contributed by atoms with E-state index < -0.39 is 22.0 Å². The Balaban J connectivity index is 2.82. The van der Waals surface area contributed by atoms with Gasteiger partial charge in [-0.2, -0.15) is 0 Å². The molecule has 0 aliphatic rings. The Morgan fingerprint density at radius 3 is 2.74 bits per heavy atom. The first-order valence-corrected chi connectivity index (χ1v) is 5.53. The maximum atomic E-state index is 11.4. The van der Waals surface area contributed by atoms with E-state index in [0.29, 0.717) is 17.9 Å². The lowest BCUT2D eigenvalue weighted by Crippen LogP contribution is -2.07. The van der Waals surface area contributed by atoms with Crippen molar-refractivity contribution in [2.45, 2.75) is 13.8 Å². The lowest BCUT2D eigenvalue weighted by atomic mass is 10.1. The van der Waals surface area contributed by atoms with Crippen molar-refractivity contribution >= 4 is 16.7 Å². The molecule has 0 saturated heterocycles. The number of ether oxygens (including phenoxy) is 1. The lowest BCUT2D eigenvalue weighted by Gasteiger charge is -2.08. The molecule has 0 spiro atoms. The normalized spacial score (nSPS) is 10.6. The van der Waals surface area contributed by atoms with E-state index in [1.54, 1.807) is 13.8 Å². The Morgan fingerprint density at radius 2 is 2.16 bits per heavy atom. The second-order valence-corrected chi connectivity index (χ2v) is 3.89. The van der Waals surface area contributed by atoms with E-state index in [4.69, 9.17) is 9.15 Å². The molecule has 1 heterocycles. The van der Waals surface area contributed by atoms with Crippen molar-refractivity contribution in [1.29, 1.82) is 0 Å². The standard InChI is InChI=1S/C12H11NO6/c1-3-18-8-5-9-7(4-6(8)2)11(14)10(13(16)17)12(15)19-9/h4-5,14H,3H2,1-2H3. The molecule has 7 nitrogen and oxygen atoms in total. The summed E-state index contributed by atoms with van der Waals surface area (Å²) in [6.07, 6.45) is 0. The van der Waals surface area contributed by atoms with Crippen molar-refractivity contribution in [1.82, 2.24) is 0 Å². The summed E-state index contributed by atoms with van der Waals surface area (Å²) in [5.41, 5.74) is -1.44. The van der Waals surface area contributed by atoms with Crippen molar-refractivity contribution < 1.29 is 19.2 Å². The molecule has 0 aliphatic carbocycles. The molecule has 19 heavy (non-hydrogen) atoms. The molecule has 0 bridgehead atoms. The molecular weight excluding hydrogens is 254 g/mol. The van der Waals surface area contributed by atoms with Crippen molar-refractivity contribution in [2.24, 2.45) is 0 Å². The number of hydrogen-bond acceptors (Lipinski definition) is 6. The van der Waals surface area contributed by atoms with Crippen LogP contribution in [0.25, 0.3) is 11.0 Å². The second kappa shape index (κ2) is 4.60. The van der Waals surface area contributed by atoms with Crippen LogP contribution in [-0.4, -0.2) is 16.6 Å². The Labute approximate surface area is 107 Å². The highest BCUT2D eigenvalue weighted by Crippen LogP contribution is 2.34.